The number of rotatable bonds is 16. The van der Waals surface area contributed by atoms with E-state index in [0.717, 1.165) is 68.9 Å². The summed E-state index contributed by atoms with van der Waals surface area (Å²) >= 11 is 0. The van der Waals surface area contributed by atoms with Crippen LogP contribution in [0.3, 0.4) is 0 Å². The highest BCUT2D eigenvalue weighted by atomic mass is 16.3. The van der Waals surface area contributed by atoms with Crippen LogP contribution in [-0.4, -0.2) is 39.4 Å². The number of ketones is 1. The first-order valence-electron chi connectivity index (χ1n) is 17.8. The van der Waals surface area contributed by atoms with Gasteiger partial charge in [0, 0.05) is 18.3 Å². The molecule has 4 fully saturated rings. The van der Waals surface area contributed by atoms with E-state index < -0.39 is 12.2 Å². The molecule has 0 aromatic heterocycles. The van der Waals surface area contributed by atoms with Crippen molar-refractivity contribution in [2.45, 2.75) is 167 Å². The van der Waals surface area contributed by atoms with E-state index in [9.17, 15) is 20.1 Å². The van der Waals surface area contributed by atoms with Gasteiger partial charge in [-0.1, -0.05) is 83.6 Å². The summed E-state index contributed by atoms with van der Waals surface area (Å²) in [5, 5.41) is 31.7. The second-order valence-corrected chi connectivity index (χ2v) is 15.1. The summed E-state index contributed by atoms with van der Waals surface area (Å²) < 4.78 is 0. The van der Waals surface area contributed by atoms with Crippen molar-refractivity contribution in [1.29, 1.82) is 0 Å². The van der Waals surface area contributed by atoms with Gasteiger partial charge in [0.05, 0.1) is 18.3 Å². The molecule has 7 atom stereocenters. The Morgan fingerprint density at radius 1 is 1.02 bits per heavy atom. The van der Waals surface area contributed by atoms with Crippen LogP contribution in [0.4, 0.5) is 0 Å². The summed E-state index contributed by atoms with van der Waals surface area (Å²) in [4.78, 5) is 13.0. The minimum atomic E-state index is -0.647. The maximum absolute atomic E-state index is 13.0. The molecule has 0 unspecified atom stereocenters. The van der Waals surface area contributed by atoms with Crippen molar-refractivity contribution in [2.24, 2.45) is 28.6 Å². The largest absolute Gasteiger partial charge is 0.393 e. The fourth-order valence-electron chi connectivity index (χ4n) is 9.12. The molecular weight excluding hydrogens is 520 g/mol. The lowest BCUT2D eigenvalue weighted by Crippen LogP contribution is -2.39. The van der Waals surface area contributed by atoms with Crippen molar-refractivity contribution in [3.63, 3.8) is 0 Å². The second kappa shape index (κ2) is 15.2. The summed E-state index contributed by atoms with van der Waals surface area (Å²) in [5.41, 5.74) is 3.38. The van der Waals surface area contributed by atoms with Gasteiger partial charge in [-0.25, -0.2) is 0 Å². The maximum Gasteiger partial charge on any atom is 0.139 e. The second-order valence-electron chi connectivity index (χ2n) is 15.1. The molecule has 4 aliphatic rings. The van der Waals surface area contributed by atoms with Crippen LogP contribution in [0.5, 0.6) is 0 Å². The molecule has 0 aromatic rings. The fourth-order valence-corrected chi connectivity index (χ4v) is 9.12. The van der Waals surface area contributed by atoms with Crippen LogP contribution in [0.2, 0.25) is 0 Å². The van der Waals surface area contributed by atoms with Gasteiger partial charge in [0.25, 0.3) is 0 Å². The van der Waals surface area contributed by atoms with E-state index in [-0.39, 0.29) is 22.9 Å². The van der Waals surface area contributed by atoms with Gasteiger partial charge in [0.2, 0.25) is 0 Å². The number of aliphatic hydroxyl groups excluding tert-OH is 3. The topological polar surface area (TPSA) is 77.8 Å². The molecule has 0 bridgehead atoms. The quantitative estimate of drug-likeness (QED) is 0.159. The molecule has 4 nitrogen and oxygen atoms in total. The molecule has 0 aliphatic heterocycles. The molecule has 4 saturated carbocycles. The van der Waals surface area contributed by atoms with Crippen LogP contribution >= 0.6 is 0 Å². The number of hydrogen-bond donors (Lipinski definition) is 3. The number of aliphatic hydroxyl groups is 3. The third-order valence-corrected chi connectivity index (χ3v) is 12.2. The van der Waals surface area contributed by atoms with Crippen molar-refractivity contribution >= 4 is 5.78 Å². The van der Waals surface area contributed by atoms with E-state index in [4.69, 9.17) is 0 Å². The van der Waals surface area contributed by atoms with Crippen molar-refractivity contribution in [3.8, 4) is 0 Å². The van der Waals surface area contributed by atoms with Gasteiger partial charge in [-0.05, 0) is 111 Å². The predicted molar refractivity (Wildman–Crippen MR) is 173 cm³/mol. The monoisotopic (exact) mass is 582 g/mol. The van der Waals surface area contributed by atoms with Gasteiger partial charge in [0.15, 0.2) is 0 Å². The number of allylic oxidation sites excluding steroid dienone is 3. The smallest absolute Gasteiger partial charge is 0.139 e. The lowest BCUT2D eigenvalue weighted by Gasteiger charge is -2.45. The van der Waals surface area contributed by atoms with Gasteiger partial charge >= 0.3 is 0 Å². The highest BCUT2D eigenvalue weighted by Gasteiger charge is 2.52. The van der Waals surface area contributed by atoms with E-state index in [0.29, 0.717) is 30.5 Å². The Bertz CT molecular complexity index is 974. The standard InChI is InChI=1S/C38H62O4/c1-5-6-7-8-9-10-11-16-36(42)38(23-24-38)22-13-15-34(40)28(3)32-19-20-33-29(14-12-21-37(32,33)4)17-18-30-25-31(39)26-35(41)27(30)2/h17-18,28,31-35,39-41H,2,5-16,19-26H2,1,3-4H3/b29-17+,30-18-/t28-,31+,32+,33-,34+,35-,37+/m0/s1. The Labute approximate surface area is 257 Å². The van der Waals surface area contributed by atoms with E-state index in [1.165, 1.54) is 63.4 Å². The van der Waals surface area contributed by atoms with Gasteiger partial charge in [-0.3, -0.25) is 4.79 Å². The Morgan fingerprint density at radius 3 is 2.45 bits per heavy atom. The van der Waals surface area contributed by atoms with Crippen molar-refractivity contribution in [1.82, 2.24) is 0 Å². The van der Waals surface area contributed by atoms with Crippen LogP contribution in [0.15, 0.2) is 35.5 Å². The fraction of sp³-hybridized carbons (Fsp3) is 0.816. The Hall–Kier alpha value is -1.23. The SMILES string of the molecule is C=C1/C(=C\C=C2/CCC[C@]3(C)[C@@H]([C@H](C)[C@H](O)CCCC4(C(=O)CCCCCCCCC)CC4)CC[C@@H]23)C[C@@H](O)C[C@@H]1O. The van der Waals surface area contributed by atoms with Crippen LogP contribution in [0.25, 0.3) is 0 Å². The number of carbonyl (C=O) groups excluding carboxylic acids is 1. The lowest BCUT2D eigenvalue weighted by molar-refractivity contribution is -0.124. The molecule has 0 spiro atoms. The minimum absolute atomic E-state index is 0.0527. The molecule has 238 valence electrons. The lowest BCUT2D eigenvalue weighted by atomic mass is 9.60. The van der Waals surface area contributed by atoms with Crippen LogP contribution in [0.1, 0.15) is 149 Å². The summed E-state index contributed by atoms with van der Waals surface area (Å²) in [6.07, 6.45) is 24.1. The average Bonchev–Trinajstić information content (AvgIpc) is 3.67. The number of carbonyl (C=O) groups is 1. The van der Waals surface area contributed by atoms with E-state index in [1.807, 2.05) is 0 Å². The van der Waals surface area contributed by atoms with Crippen LogP contribution in [-0.2, 0) is 4.79 Å². The van der Waals surface area contributed by atoms with E-state index in [2.05, 4.69) is 39.5 Å². The van der Waals surface area contributed by atoms with Crippen molar-refractivity contribution < 1.29 is 20.1 Å². The molecule has 0 amide bonds. The zero-order chi connectivity index (χ0) is 30.3. The maximum atomic E-state index is 13.0. The molecule has 0 radical (unpaired) electrons. The molecule has 0 heterocycles. The summed E-state index contributed by atoms with van der Waals surface area (Å²) in [5.74, 6) is 1.81. The molecular formula is C38H62O4. The first-order valence-corrected chi connectivity index (χ1v) is 17.8. The van der Waals surface area contributed by atoms with Crippen LogP contribution in [0, 0.1) is 28.6 Å². The van der Waals surface area contributed by atoms with E-state index in [1.54, 1.807) is 0 Å². The van der Waals surface area contributed by atoms with Gasteiger partial charge in [-0.15, -0.1) is 0 Å². The number of hydrogen-bond acceptors (Lipinski definition) is 4. The number of fused-ring (bicyclic) bond motifs is 1. The normalized spacial score (nSPS) is 34.0. The third-order valence-electron chi connectivity index (χ3n) is 12.2. The Kier molecular flexibility index (Phi) is 12.2. The highest BCUT2D eigenvalue weighted by molar-refractivity contribution is 5.87. The van der Waals surface area contributed by atoms with Gasteiger partial charge < -0.3 is 15.3 Å². The molecule has 0 saturated heterocycles. The summed E-state index contributed by atoms with van der Waals surface area (Å²) in [6.45, 7) is 11.1. The first kappa shape index (κ1) is 33.7. The molecule has 42 heavy (non-hydrogen) atoms. The molecule has 4 aliphatic carbocycles. The minimum Gasteiger partial charge on any atom is -0.393 e. The van der Waals surface area contributed by atoms with Gasteiger partial charge in [0.1, 0.15) is 5.78 Å². The van der Waals surface area contributed by atoms with Crippen molar-refractivity contribution in [2.75, 3.05) is 0 Å². The third kappa shape index (κ3) is 8.07. The Balaban J connectivity index is 1.25. The zero-order valence-electron chi connectivity index (χ0n) is 27.2. The van der Waals surface area contributed by atoms with Crippen LogP contribution < -0.4 is 0 Å². The van der Waals surface area contributed by atoms with Crippen molar-refractivity contribution in [3.05, 3.63) is 35.5 Å². The molecule has 4 rings (SSSR count). The van der Waals surface area contributed by atoms with Gasteiger partial charge in [-0.2, -0.15) is 0 Å². The summed E-state index contributed by atoms with van der Waals surface area (Å²) in [6, 6.07) is 0. The zero-order valence-corrected chi connectivity index (χ0v) is 27.2. The highest BCUT2D eigenvalue weighted by Crippen LogP contribution is 2.60. The predicted octanol–water partition coefficient (Wildman–Crippen LogP) is 8.78. The number of Topliss-reactive ketones (excluding diaryl/α,β-unsaturated/α-hetero) is 1. The average molecular weight is 583 g/mol. The first-order chi connectivity index (χ1) is 20.1. The summed E-state index contributed by atoms with van der Waals surface area (Å²) in [7, 11) is 0. The van der Waals surface area contributed by atoms with E-state index >= 15 is 0 Å². The molecule has 3 N–H and O–H groups in total. The Morgan fingerprint density at radius 2 is 1.74 bits per heavy atom. The molecule has 4 heteroatoms. The molecule has 0 aromatic carbocycles. The number of unbranched alkanes of at least 4 members (excludes halogenated alkanes) is 6.